The molecule has 3 aromatic rings. The second-order valence-electron chi connectivity index (χ2n) is 3.77. The quantitative estimate of drug-likeness (QED) is 0.639. The van der Waals surface area contributed by atoms with Crippen LogP contribution in [0.2, 0.25) is 0 Å². The lowest BCUT2D eigenvalue weighted by Crippen LogP contribution is -2.21. The van der Waals surface area contributed by atoms with E-state index in [9.17, 15) is 4.79 Å². The molecule has 84 valence electrons. The Hall–Kier alpha value is -2.36. The van der Waals surface area contributed by atoms with Crippen LogP contribution in [0.15, 0.2) is 51.9 Å². The molecule has 0 bridgehead atoms. The standard InChI is InChI=1S/C13H10N2O2/c1-9-14-12-11(7-8-17-12)13(16)15(9)10-5-3-2-4-6-10/h2-8H,1H3. The number of benzene rings is 1. The molecule has 0 saturated carbocycles. The van der Waals surface area contributed by atoms with E-state index in [0.717, 1.165) is 5.69 Å². The normalized spacial score (nSPS) is 10.9. The summed E-state index contributed by atoms with van der Waals surface area (Å²) in [6.45, 7) is 1.79. The molecule has 0 N–H and O–H groups in total. The maximum absolute atomic E-state index is 12.3. The van der Waals surface area contributed by atoms with Crippen LogP contribution in [0.1, 0.15) is 5.82 Å². The lowest BCUT2D eigenvalue weighted by molar-refractivity contribution is 0.598. The molecule has 0 fully saturated rings. The summed E-state index contributed by atoms with van der Waals surface area (Å²) in [7, 11) is 0. The molecule has 0 spiro atoms. The van der Waals surface area contributed by atoms with E-state index < -0.39 is 0 Å². The summed E-state index contributed by atoms with van der Waals surface area (Å²) in [6, 6.07) is 11.1. The fourth-order valence-corrected chi connectivity index (χ4v) is 1.90. The maximum Gasteiger partial charge on any atom is 0.269 e. The maximum atomic E-state index is 12.3. The van der Waals surface area contributed by atoms with Crippen LogP contribution >= 0.6 is 0 Å². The van der Waals surface area contributed by atoms with Crippen molar-refractivity contribution in [3.05, 3.63) is 58.8 Å². The number of hydrogen-bond acceptors (Lipinski definition) is 3. The van der Waals surface area contributed by atoms with E-state index in [2.05, 4.69) is 4.98 Å². The molecule has 0 aliphatic carbocycles. The summed E-state index contributed by atoms with van der Waals surface area (Å²) < 4.78 is 6.73. The lowest BCUT2D eigenvalue weighted by Gasteiger charge is -2.08. The number of fused-ring (bicyclic) bond motifs is 1. The van der Waals surface area contributed by atoms with Crippen molar-refractivity contribution in [3.8, 4) is 5.69 Å². The first kappa shape index (κ1) is 9.84. The molecule has 0 aliphatic rings. The lowest BCUT2D eigenvalue weighted by atomic mass is 10.3. The van der Waals surface area contributed by atoms with Crippen molar-refractivity contribution in [2.75, 3.05) is 0 Å². The highest BCUT2D eigenvalue weighted by molar-refractivity contribution is 5.72. The molecule has 2 aromatic heterocycles. The highest BCUT2D eigenvalue weighted by atomic mass is 16.3. The van der Waals surface area contributed by atoms with Gasteiger partial charge in [0.15, 0.2) is 0 Å². The van der Waals surface area contributed by atoms with Crippen LogP contribution in [-0.4, -0.2) is 9.55 Å². The Labute approximate surface area is 97.1 Å². The number of hydrogen-bond donors (Lipinski definition) is 0. The highest BCUT2D eigenvalue weighted by Crippen LogP contribution is 2.12. The third-order valence-electron chi connectivity index (χ3n) is 2.68. The largest absolute Gasteiger partial charge is 0.446 e. The van der Waals surface area contributed by atoms with E-state index in [0.29, 0.717) is 16.9 Å². The van der Waals surface area contributed by atoms with Gasteiger partial charge < -0.3 is 4.42 Å². The minimum absolute atomic E-state index is 0.104. The van der Waals surface area contributed by atoms with E-state index in [1.807, 2.05) is 30.3 Å². The van der Waals surface area contributed by atoms with E-state index in [4.69, 9.17) is 4.42 Å². The zero-order chi connectivity index (χ0) is 11.8. The van der Waals surface area contributed by atoms with Gasteiger partial charge in [0.1, 0.15) is 11.2 Å². The first-order valence-corrected chi connectivity index (χ1v) is 5.29. The average Bonchev–Trinajstić information content (AvgIpc) is 2.78. The van der Waals surface area contributed by atoms with Gasteiger partial charge in [-0.15, -0.1) is 0 Å². The molecule has 0 amide bonds. The molecule has 0 atom stereocenters. The Kier molecular flexibility index (Phi) is 2.08. The monoisotopic (exact) mass is 226 g/mol. The van der Waals surface area contributed by atoms with Gasteiger partial charge in [-0.25, -0.2) is 0 Å². The molecule has 1 aromatic carbocycles. The van der Waals surface area contributed by atoms with Crippen molar-refractivity contribution in [1.82, 2.24) is 9.55 Å². The van der Waals surface area contributed by atoms with Crippen LogP contribution in [0.3, 0.4) is 0 Å². The first-order valence-electron chi connectivity index (χ1n) is 5.29. The van der Waals surface area contributed by atoms with E-state index in [1.165, 1.54) is 6.26 Å². The second-order valence-corrected chi connectivity index (χ2v) is 3.77. The van der Waals surface area contributed by atoms with Gasteiger partial charge in [0.25, 0.3) is 5.56 Å². The smallest absolute Gasteiger partial charge is 0.269 e. The topological polar surface area (TPSA) is 48.0 Å². The highest BCUT2D eigenvalue weighted by Gasteiger charge is 2.10. The Balaban J connectivity index is 2.40. The summed E-state index contributed by atoms with van der Waals surface area (Å²) in [5.74, 6) is 0.614. The molecule has 0 radical (unpaired) electrons. The van der Waals surface area contributed by atoms with Crippen LogP contribution in [-0.2, 0) is 0 Å². The third kappa shape index (κ3) is 1.45. The van der Waals surface area contributed by atoms with Crippen molar-refractivity contribution >= 4 is 11.1 Å². The first-order chi connectivity index (χ1) is 8.27. The van der Waals surface area contributed by atoms with Gasteiger partial charge in [0.05, 0.1) is 12.0 Å². The predicted octanol–water partition coefficient (Wildman–Crippen LogP) is 2.29. The molecule has 2 heterocycles. The number of furan rings is 1. The Morgan fingerprint density at radius 1 is 1.18 bits per heavy atom. The van der Waals surface area contributed by atoms with Crippen LogP contribution < -0.4 is 5.56 Å². The molecule has 0 aliphatic heterocycles. The van der Waals surface area contributed by atoms with Gasteiger partial charge in [-0.05, 0) is 25.1 Å². The van der Waals surface area contributed by atoms with Crippen LogP contribution in [0.5, 0.6) is 0 Å². The summed E-state index contributed by atoms with van der Waals surface area (Å²) >= 11 is 0. The number of rotatable bonds is 1. The number of nitrogens with zero attached hydrogens (tertiary/aromatic N) is 2. The fourth-order valence-electron chi connectivity index (χ4n) is 1.90. The van der Waals surface area contributed by atoms with Crippen molar-refractivity contribution in [2.24, 2.45) is 0 Å². The fraction of sp³-hybridized carbons (Fsp3) is 0.0769. The predicted molar refractivity (Wildman–Crippen MR) is 64.3 cm³/mol. The average molecular weight is 226 g/mol. The van der Waals surface area contributed by atoms with Gasteiger partial charge in [0, 0.05) is 0 Å². The molecular weight excluding hydrogens is 216 g/mol. The van der Waals surface area contributed by atoms with Crippen LogP contribution in [0, 0.1) is 6.92 Å². The molecule has 0 unspecified atom stereocenters. The minimum Gasteiger partial charge on any atom is -0.446 e. The molecular formula is C13H10N2O2. The third-order valence-corrected chi connectivity index (χ3v) is 2.68. The Morgan fingerprint density at radius 3 is 2.71 bits per heavy atom. The zero-order valence-electron chi connectivity index (χ0n) is 9.25. The molecule has 0 saturated heterocycles. The number of aryl methyl sites for hydroxylation is 1. The molecule has 4 heteroatoms. The molecule has 17 heavy (non-hydrogen) atoms. The number of para-hydroxylation sites is 1. The summed E-state index contributed by atoms with van der Waals surface area (Å²) in [6.07, 6.45) is 1.48. The summed E-state index contributed by atoms with van der Waals surface area (Å²) in [4.78, 5) is 16.5. The Bertz CT molecular complexity index is 726. The second kappa shape index (κ2) is 3.59. The van der Waals surface area contributed by atoms with Gasteiger partial charge in [-0.1, -0.05) is 18.2 Å². The Morgan fingerprint density at radius 2 is 1.94 bits per heavy atom. The van der Waals surface area contributed by atoms with Crippen molar-refractivity contribution in [1.29, 1.82) is 0 Å². The van der Waals surface area contributed by atoms with Crippen molar-refractivity contribution in [3.63, 3.8) is 0 Å². The molecule has 3 rings (SSSR count). The summed E-state index contributed by atoms with van der Waals surface area (Å²) in [5, 5.41) is 0.499. The van der Waals surface area contributed by atoms with Crippen LogP contribution in [0.25, 0.3) is 16.8 Å². The zero-order valence-corrected chi connectivity index (χ0v) is 9.25. The van der Waals surface area contributed by atoms with Gasteiger partial charge in [-0.2, -0.15) is 4.98 Å². The van der Waals surface area contributed by atoms with Crippen molar-refractivity contribution in [2.45, 2.75) is 6.92 Å². The summed E-state index contributed by atoms with van der Waals surface area (Å²) in [5.41, 5.74) is 1.10. The van der Waals surface area contributed by atoms with Gasteiger partial charge >= 0.3 is 0 Å². The van der Waals surface area contributed by atoms with E-state index >= 15 is 0 Å². The minimum atomic E-state index is -0.104. The SMILES string of the molecule is Cc1nc2occc2c(=O)n1-c1ccccc1. The van der Waals surface area contributed by atoms with Crippen LogP contribution in [0.4, 0.5) is 0 Å². The van der Waals surface area contributed by atoms with E-state index in [-0.39, 0.29) is 5.56 Å². The van der Waals surface area contributed by atoms with Crippen molar-refractivity contribution < 1.29 is 4.42 Å². The number of aromatic nitrogens is 2. The van der Waals surface area contributed by atoms with E-state index in [1.54, 1.807) is 17.6 Å². The van der Waals surface area contributed by atoms with Gasteiger partial charge in [0.2, 0.25) is 5.71 Å². The molecule has 4 nitrogen and oxygen atoms in total. The van der Waals surface area contributed by atoms with Gasteiger partial charge in [-0.3, -0.25) is 9.36 Å².